The van der Waals surface area contributed by atoms with E-state index in [4.69, 9.17) is 37.5 Å². The number of ether oxygens (including phenoxy) is 1. The van der Waals surface area contributed by atoms with Crippen molar-refractivity contribution in [2.75, 3.05) is 5.75 Å². The van der Waals surface area contributed by atoms with Crippen LogP contribution in [0.3, 0.4) is 0 Å². The van der Waals surface area contributed by atoms with Crippen LogP contribution in [0.25, 0.3) is 0 Å². The van der Waals surface area contributed by atoms with Crippen molar-refractivity contribution in [1.29, 1.82) is 0 Å². The van der Waals surface area contributed by atoms with Crippen molar-refractivity contribution in [2.24, 2.45) is 0 Å². The standard InChI is InChI=1S/C15H13Cl2NO4S/c16-9-2-1-3-10(17)13(9)21-6-8-4-5-12(22-8)14-18-11(7-23-14)15(19)20/h1-5,11,14,18H,6-7H2,(H,19,20)/t11-,14+/m1/s1. The second-order valence-corrected chi connectivity index (χ2v) is 6.87. The zero-order valence-corrected chi connectivity index (χ0v) is 14.1. The molecule has 1 aliphatic heterocycles. The predicted octanol–water partition coefficient (Wildman–Crippen LogP) is 3.95. The van der Waals surface area contributed by atoms with Gasteiger partial charge in [0, 0.05) is 5.75 Å². The zero-order chi connectivity index (χ0) is 16.4. The number of halogens is 2. The third-order valence-electron chi connectivity index (χ3n) is 3.30. The summed E-state index contributed by atoms with van der Waals surface area (Å²) in [4.78, 5) is 11.0. The number of nitrogens with one attached hydrogen (secondary N) is 1. The smallest absolute Gasteiger partial charge is 0.321 e. The van der Waals surface area contributed by atoms with E-state index >= 15 is 0 Å². The fourth-order valence-electron chi connectivity index (χ4n) is 2.15. The molecule has 1 saturated heterocycles. The van der Waals surface area contributed by atoms with Crippen LogP contribution in [0.2, 0.25) is 10.0 Å². The molecule has 5 nitrogen and oxygen atoms in total. The molecule has 0 bridgehead atoms. The van der Waals surface area contributed by atoms with Gasteiger partial charge in [-0.2, -0.15) is 0 Å². The molecular formula is C15H13Cl2NO4S. The fraction of sp³-hybridized carbons (Fsp3) is 0.267. The minimum absolute atomic E-state index is 0.172. The Kier molecular flexibility index (Phi) is 5.06. The SMILES string of the molecule is O=C(O)[C@H]1CS[C@@H](c2ccc(COc3c(Cl)cccc3Cl)o2)N1. The van der Waals surface area contributed by atoms with E-state index < -0.39 is 12.0 Å². The summed E-state index contributed by atoms with van der Waals surface area (Å²) in [5, 5.41) is 12.7. The number of hydrogen-bond acceptors (Lipinski definition) is 5. The lowest BCUT2D eigenvalue weighted by atomic mass is 10.3. The number of aliphatic carboxylic acids is 1. The highest BCUT2D eigenvalue weighted by atomic mass is 35.5. The van der Waals surface area contributed by atoms with Gasteiger partial charge in [0.2, 0.25) is 0 Å². The highest BCUT2D eigenvalue weighted by Gasteiger charge is 2.32. The van der Waals surface area contributed by atoms with Crippen LogP contribution in [0.15, 0.2) is 34.7 Å². The van der Waals surface area contributed by atoms with Crippen molar-refractivity contribution in [1.82, 2.24) is 5.32 Å². The van der Waals surface area contributed by atoms with E-state index in [1.165, 1.54) is 11.8 Å². The first kappa shape index (κ1) is 16.5. The molecule has 2 heterocycles. The minimum Gasteiger partial charge on any atom is -0.483 e. The Labute approximate surface area is 146 Å². The van der Waals surface area contributed by atoms with Crippen molar-refractivity contribution in [2.45, 2.75) is 18.0 Å². The van der Waals surface area contributed by atoms with Gasteiger partial charge < -0.3 is 14.3 Å². The average Bonchev–Trinajstić information content (AvgIpc) is 3.15. The summed E-state index contributed by atoms with van der Waals surface area (Å²) in [5.41, 5.74) is 0. The molecule has 23 heavy (non-hydrogen) atoms. The normalized spacial score (nSPS) is 20.6. The summed E-state index contributed by atoms with van der Waals surface area (Å²) in [7, 11) is 0. The van der Waals surface area contributed by atoms with Gasteiger partial charge in [-0.05, 0) is 24.3 Å². The molecule has 0 spiro atoms. The second kappa shape index (κ2) is 7.05. The van der Waals surface area contributed by atoms with Crippen LogP contribution >= 0.6 is 35.0 Å². The maximum Gasteiger partial charge on any atom is 0.321 e. The molecule has 3 rings (SSSR count). The summed E-state index contributed by atoms with van der Waals surface area (Å²) in [6.45, 7) is 0.184. The Balaban J connectivity index is 1.63. The predicted molar refractivity (Wildman–Crippen MR) is 89.3 cm³/mol. The summed E-state index contributed by atoms with van der Waals surface area (Å²) >= 11 is 13.6. The third kappa shape index (κ3) is 3.77. The topological polar surface area (TPSA) is 71.7 Å². The highest BCUT2D eigenvalue weighted by molar-refractivity contribution is 7.99. The molecule has 1 aromatic heterocycles. The Bertz CT molecular complexity index is 701. The van der Waals surface area contributed by atoms with Gasteiger partial charge in [0.25, 0.3) is 0 Å². The number of carboxylic acids is 1. The number of hydrogen-bond donors (Lipinski definition) is 2. The first-order valence-corrected chi connectivity index (χ1v) is 8.61. The van der Waals surface area contributed by atoms with Gasteiger partial charge in [-0.3, -0.25) is 10.1 Å². The summed E-state index contributed by atoms with van der Waals surface area (Å²) < 4.78 is 11.3. The largest absolute Gasteiger partial charge is 0.483 e. The van der Waals surface area contributed by atoms with Crippen LogP contribution in [0.4, 0.5) is 0 Å². The molecule has 1 aliphatic rings. The minimum atomic E-state index is -0.858. The number of carbonyl (C=O) groups is 1. The Morgan fingerprint density at radius 1 is 1.35 bits per heavy atom. The highest BCUT2D eigenvalue weighted by Crippen LogP contribution is 2.35. The molecular weight excluding hydrogens is 361 g/mol. The van der Waals surface area contributed by atoms with Crippen molar-refractivity contribution in [3.63, 3.8) is 0 Å². The average molecular weight is 374 g/mol. The molecule has 0 radical (unpaired) electrons. The number of carboxylic acid groups (broad SMARTS) is 1. The first-order valence-electron chi connectivity index (χ1n) is 6.80. The monoisotopic (exact) mass is 373 g/mol. The van der Waals surface area contributed by atoms with Gasteiger partial charge in [0.05, 0.1) is 10.0 Å². The second-order valence-electron chi connectivity index (χ2n) is 4.91. The van der Waals surface area contributed by atoms with E-state index in [-0.39, 0.29) is 12.0 Å². The maximum atomic E-state index is 11.0. The van der Waals surface area contributed by atoms with Crippen molar-refractivity contribution in [3.8, 4) is 5.75 Å². The molecule has 8 heteroatoms. The first-order chi connectivity index (χ1) is 11.0. The number of para-hydroxylation sites is 1. The molecule has 2 N–H and O–H groups in total. The third-order valence-corrected chi connectivity index (χ3v) is 5.12. The molecule has 2 atom stereocenters. The molecule has 0 unspecified atom stereocenters. The maximum absolute atomic E-state index is 11.0. The van der Waals surface area contributed by atoms with Crippen LogP contribution in [-0.4, -0.2) is 22.9 Å². The van der Waals surface area contributed by atoms with E-state index in [1.54, 1.807) is 24.3 Å². The molecule has 1 aromatic carbocycles. The molecule has 2 aromatic rings. The molecule has 0 aliphatic carbocycles. The van der Waals surface area contributed by atoms with Crippen molar-refractivity contribution >= 4 is 40.9 Å². The Morgan fingerprint density at radius 3 is 2.74 bits per heavy atom. The lowest BCUT2D eigenvalue weighted by Crippen LogP contribution is -2.33. The van der Waals surface area contributed by atoms with E-state index in [2.05, 4.69) is 5.32 Å². The number of thioether (sulfide) groups is 1. The summed E-state index contributed by atoms with van der Waals surface area (Å²) in [5.74, 6) is 1.33. The van der Waals surface area contributed by atoms with Crippen molar-refractivity contribution < 1.29 is 19.1 Å². The molecule has 122 valence electrons. The molecule has 1 fully saturated rings. The molecule has 0 amide bonds. The number of rotatable bonds is 5. The van der Waals surface area contributed by atoms with E-state index in [9.17, 15) is 4.79 Å². The molecule has 0 saturated carbocycles. The Morgan fingerprint density at radius 2 is 2.09 bits per heavy atom. The van der Waals surface area contributed by atoms with Crippen LogP contribution in [0.1, 0.15) is 16.9 Å². The zero-order valence-electron chi connectivity index (χ0n) is 11.8. The van der Waals surface area contributed by atoms with Gasteiger partial charge in [0.15, 0.2) is 5.75 Å². The van der Waals surface area contributed by atoms with Gasteiger partial charge in [-0.15, -0.1) is 11.8 Å². The van der Waals surface area contributed by atoms with Crippen LogP contribution in [0, 0.1) is 0 Å². The van der Waals surface area contributed by atoms with E-state index in [1.807, 2.05) is 6.07 Å². The number of benzene rings is 1. The van der Waals surface area contributed by atoms with Crippen molar-refractivity contribution in [3.05, 3.63) is 51.9 Å². The van der Waals surface area contributed by atoms with Crippen LogP contribution in [0.5, 0.6) is 5.75 Å². The quantitative estimate of drug-likeness (QED) is 0.826. The van der Waals surface area contributed by atoms with Gasteiger partial charge >= 0.3 is 5.97 Å². The van der Waals surface area contributed by atoms with Gasteiger partial charge in [-0.25, -0.2) is 0 Å². The summed E-state index contributed by atoms with van der Waals surface area (Å²) in [6.07, 6.45) is 0. The van der Waals surface area contributed by atoms with E-state index in [0.717, 1.165) is 0 Å². The lowest BCUT2D eigenvalue weighted by Gasteiger charge is -2.09. The van der Waals surface area contributed by atoms with Gasteiger partial charge in [-0.1, -0.05) is 29.3 Å². The lowest BCUT2D eigenvalue weighted by molar-refractivity contribution is -0.138. The van der Waals surface area contributed by atoms with Crippen LogP contribution in [-0.2, 0) is 11.4 Å². The van der Waals surface area contributed by atoms with E-state index in [0.29, 0.717) is 33.1 Å². The Hall–Kier alpha value is -1.34. The van der Waals surface area contributed by atoms with Crippen LogP contribution < -0.4 is 10.1 Å². The summed E-state index contributed by atoms with van der Waals surface area (Å²) in [6, 6.07) is 8.17. The van der Waals surface area contributed by atoms with Gasteiger partial charge in [0.1, 0.15) is 29.5 Å². The number of furan rings is 1. The fourth-order valence-corrected chi connectivity index (χ4v) is 3.84.